The van der Waals surface area contributed by atoms with E-state index >= 15 is 0 Å². The Morgan fingerprint density at radius 3 is 1.15 bits per heavy atom. The molecule has 6 N–H and O–H groups in total. The third-order valence-corrected chi connectivity index (χ3v) is 7.89. The minimum Gasteiger partial charge on any atom is -0.478 e. The molecule has 0 aliphatic carbocycles. The Morgan fingerprint density at radius 2 is 0.870 bits per heavy atom. The van der Waals surface area contributed by atoms with Crippen LogP contribution in [0.2, 0.25) is 0 Å². The van der Waals surface area contributed by atoms with Crippen LogP contribution in [-0.4, -0.2) is 83.7 Å². The molecule has 0 unspecified atom stereocenters. The van der Waals surface area contributed by atoms with Gasteiger partial charge in [-0.25, -0.2) is 19.2 Å². The Hall–Kier alpha value is -5.66. The van der Waals surface area contributed by atoms with Gasteiger partial charge >= 0.3 is 23.9 Å². The maximum atomic E-state index is 11.4. The van der Waals surface area contributed by atoms with E-state index in [2.05, 4.69) is 34.0 Å². The number of hydrogen-bond acceptors (Lipinski definition) is 10. The average molecular weight is 743 g/mol. The van der Waals surface area contributed by atoms with Gasteiger partial charge in [-0.1, -0.05) is 84.9 Å². The Balaban J connectivity index is 0.000000312. The number of carboxylic acids is 2. The number of hydrogen-bond donors (Lipinski definition) is 6. The number of aliphatic hydroxyl groups excluding tert-OH is 2. The number of carboxylic acid groups (broad SMARTS) is 2. The van der Waals surface area contributed by atoms with Crippen molar-refractivity contribution in [2.75, 3.05) is 27.3 Å². The van der Waals surface area contributed by atoms with Crippen molar-refractivity contribution in [1.29, 1.82) is 0 Å². The van der Waals surface area contributed by atoms with Crippen molar-refractivity contribution in [2.24, 2.45) is 0 Å². The van der Waals surface area contributed by atoms with E-state index < -0.39 is 24.1 Å². The number of nitrogens with one attached hydrogen (secondary N) is 2. The Bertz CT molecular complexity index is 1600. The molecule has 0 heterocycles. The van der Waals surface area contributed by atoms with Crippen molar-refractivity contribution in [2.45, 2.75) is 51.0 Å². The Labute approximate surface area is 316 Å². The molecule has 0 fully saturated rings. The second-order valence-corrected chi connectivity index (χ2v) is 12.3. The molecule has 0 bridgehead atoms. The second kappa shape index (κ2) is 24.6. The molecule has 0 amide bonds. The fraction of sp³-hybridized carbons (Fsp3) is 0.286. The summed E-state index contributed by atoms with van der Waals surface area (Å²) >= 11 is 0. The first-order valence-corrected chi connectivity index (χ1v) is 17.2. The zero-order chi connectivity index (χ0) is 39.9. The van der Waals surface area contributed by atoms with Gasteiger partial charge in [0.05, 0.1) is 37.6 Å². The summed E-state index contributed by atoms with van der Waals surface area (Å²) in [5, 5.41) is 42.6. The number of carbonyl (C=O) groups excluding carboxylic acids is 2. The Kier molecular flexibility index (Phi) is 20.2. The third-order valence-electron chi connectivity index (χ3n) is 7.89. The van der Waals surface area contributed by atoms with Crippen LogP contribution in [0.5, 0.6) is 0 Å². The summed E-state index contributed by atoms with van der Waals surface area (Å²) in [7, 11) is 2.75. The van der Waals surface area contributed by atoms with Crippen LogP contribution in [-0.2, 0) is 31.9 Å². The van der Waals surface area contributed by atoms with Gasteiger partial charge in [-0.15, -0.1) is 0 Å². The number of esters is 2. The van der Waals surface area contributed by atoms with Gasteiger partial charge in [-0.05, 0) is 73.2 Å². The molecule has 4 atom stereocenters. The Morgan fingerprint density at radius 1 is 0.556 bits per heavy atom. The molecular formula is C42H50N2O10. The standard InChI is InChI=1S/2C19H23NO3.C4H4O4/c2*1-14(20-13-18(21)16-6-4-3-5-7-16)12-15-8-10-17(11-9-15)19(22)23-2;5-3(6)1-2-4(7)8/h2*3-11,14,18,20-21H,12-13H2,1-2H3;1-2H,(H,5,6)(H,7,8)/b;;2-1+/t2*14-,18+;/m00./s1. The lowest BCUT2D eigenvalue weighted by Gasteiger charge is -2.17. The number of aliphatic hydroxyl groups is 2. The maximum Gasteiger partial charge on any atom is 0.337 e. The smallest absolute Gasteiger partial charge is 0.337 e. The summed E-state index contributed by atoms with van der Waals surface area (Å²) in [5.74, 6) is -3.16. The summed E-state index contributed by atoms with van der Waals surface area (Å²) in [6.07, 6.45) is 1.73. The minimum absolute atomic E-state index is 0.220. The van der Waals surface area contributed by atoms with Gasteiger partial charge in [0.25, 0.3) is 0 Å². The van der Waals surface area contributed by atoms with Crippen molar-refractivity contribution < 1.29 is 49.1 Å². The highest BCUT2D eigenvalue weighted by molar-refractivity contribution is 5.90. The molecule has 288 valence electrons. The predicted octanol–water partition coefficient (Wildman–Crippen LogP) is 5.17. The van der Waals surface area contributed by atoms with E-state index in [9.17, 15) is 29.4 Å². The lowest BCUT2D eigenvalue weighted by atomic mass is 10.0. The van der Waals surface area contributed by atoms with Crippen LogP contribution in [0.3, 0.4) is 0 Å². The first-order valence-electron chi connectivity index (χ1n) is 17.2. The SMILES string of the molecule is COC(=O)c1ccc(C[C@H](C)NC[C@@H](O)c2ccccc2)cc1.COC(=O)c1ccc(C[C@H](C)NC[C@@H](O)c2ccccc2)cc1.O=C(O)/C=C/C(=O)O. The molecule has 0 aliphatic heterocycles. The zero-order valence-corrected chi connectivity index (χ0v) is 30.9. The van der Waals surface area contributed by atoms with Crippen LogP contribution >= 0.6 is 0 Å². The molecule has 12 nitrogen and oxygen atoms in total. The van der Waals surface area contributed by atoms with Crippen LogP contribution in [0.4, 0.5) is 0 Å². The van der Waals surface area contributed by atoms with E-state index in [4.69, 9.17) is 10.2 Å². The molecular weight excluding hydrogens is 692 g/mol. The van der Waals surface area contributed by atoms with Crippen molar-refractivity contribution in [1.82, 2.24) is 10.6 Å². The summed E-state index contributed by atoms with van der Waals surface area (Å²) < 4.78 is 9.37. The normalized spacial score (nSPS) is 12.8. The largest absolute Gasteiger partial charge is 0.478 e. The van der Waals surface area contributed by atoms with Gasteiger partial charge in [0.1, 0.15) is 0 Å². The lowest BCUT2D eigenvalue weighted by molar-refractivity contribution is -0.134. The number of carbonyl (C=O) groups is 4. The monoisotopic (exact) mass is 742 g/mol. The first kappa shape index (κ1) is 44.5. The molecule has 0 aliphatic rings. The van der Waals surface area contributed by atoms with E-state index in [1.807, 2.05) is 84.9 Å². The van der Waals surface area contributed by atoms with Crippen LogP contribution in [0.25, 0.3) is 0 Å². The van der Waals surface area contributed by atoms with Crippen molar-refractivity contribution in [3.8, 4) is 0 Å². The van der Waals surface area contributed by atoms with Crippen LogP contribution in [0.1, 0.15) is 69.0 Å². The quantitative estimate of drug-likeness (QED) is 0.0654. The summed E-state index contributed by atoms with van der Waals surface area (Å²) in [4.78, 5) is 41.9. The lowest BCUT2D eigenvalue weighted by Crippen LogP contribution is -2.32. The molecule has 4 aromatic carbocycles. The number of benzene rings is 4. The van der Waals surface area contributed by atoms with E-state index in [-0.39, 0.29) is 24.0 Å². The predicted molar refractivity (Wildman–Crippen MR) is 205 cm³/mol. The second-order valence-electron chi connectivity index (χ2n) is 12.3. The highest BCUT2D eigenvalue weighted by Crippen LogP contribution is 2.14. The molecule has 4 aromatic rings. The average Bonchev–Trinajstić information content (AvgIpc) is 3.19. The summed E-state index contributed by atoms with van der Waals surface area (Å²) in [6.45, 7) is 5.16. The van der Waals surface area contributed by atoms with E-state index in [1.165, 1.54) is 14.2 Å². The van der Waals surface area contributed by atoms with Crippen molar-refractivity contribution in [3.05, 3.63) is 155 Å². The van der Waals surface area contributed by atoms with Crippen LogP contribution in [0, 0.1) is 0 Å². The fourth-order valence-electron chi connectivity index (χ4n) is 5.00. The van der Waals surface area contributed by atoms with Gasteiger partial charge < -0.3 is 40.5 Å². The molecule has 4 rings (SSSR count). The van der Waals surface area contributed by atoms with E-state index in [0.29, 0.717) is 36.4 Å². The van der Waals surface area contributed by atoms with E-state index in [0.717, 1.165) is 35.1 Å². The van der Waals surface area contributed by atoms with Gasteiger partial charge in [-0.3, -0.25) is 0 Å². The van der Waals surface area contributed by atoms with Crippen molar-refractivity contribution in [3.63, 3.8) is 0 Å². The summed E-state index contributed by atoms with van der Waals surface area (Å²) in [6, 6.07) is 34.5. The first-order chi connectivity index (χ1) is 25.8. The number of aliphatic carboxylic acids is 2. The molecule has 0 radical (unpaired) electrons. The number of rotatable bonds is 16. The highest BCUT2D eigenvalue weighted by atomic mass is 16.5. The van der Waals surface area contributed by atoms with Gasteiger partial charge in [-0.2, -0.15) is 0 Å². The van der Waals surface area contributed by atoms with Crippen LogP contribution in [0.15, 0.2) is 121 Å². The summed E-state index contributed by atoms with van der Waals surface area (Å²) in [5.41, 5.74) is 5.19. The topological polar surface area (TPSA) is 192 Å². The van der Waals surface area contributed by atoms with Gasteiger partial charge in [0.15, 0.2) is 0 Å². The highest BCUT2D eigenvalue weighted by Gasteiger charge is 2.12. The maximum absolute atomic E-state index is 11.4. The van der Waals surface area contributed by atoms with E-state index in [1.54, 1.807) is 24.3 Å². The molecule has 12 heteroatoms. The number of ether oxygens (including phenoxy) is 2. The molecule has 0 spiro atoms. The van der Waals surface area contributed by atoms with Crippen LogP contribution < -0.4 is 10.6 Å². The molecule has 54 heavy (non-hydrogen) atoms. The fourth-order valence-corrected chi connectivity index (χ4v) is 5.00. The molecule has 0 saturated heterocycles. The molecule has 0 aromatic heterocycles. The minimum atomic E-state index is -1.26. The van der Waals surface area contributed by atoms with Gasteiger partial charge in [0, 0.05) is 37.3 Å². The third kappa shape index (κ3) is 17.7. The van der Waals surface area contributed by atoms with Gasteiger partial charge in [0.2, 0.25) is 0 Å². The number of methoxy groups -OCH3 is 2. The molecule has 0 saturated carbocycles. The zero-order valence-electron chi connectivity index (χ0n) is 30.9. The van der Waals surface area contributed by atoms with Crippen molar-refractivity contribution >= 4 is 23.9 Å².